The average Bonchev–Trinajstić information content (AvgIpc) is 3.06. The molecule has 0 spiro atoms. The molecule has 10 heteroatoms. The van der Waals surface area contributed by atoms with E-state index in [2.05, 4.69) is 21.2 Å². The topological polar surface area (TPSA) is 96.0 Å². The number of aryl methyl sites for hydroxylation is 1. The fraction of sp³-hybridized carbons (Fsp3) is 0.278. The molecule has 0 saturated carbocycles. The second-order valence-electron chi connectivity index (χ2n) is 10.9. The molecule has 0 heterocycles. The van der Waals surface area contributed by atoms with E-state index < -0.39 is 28.5 Å². The molecule has 8 nitrogen and oxygen atoms in total. The minimum Gasteiger partial charge on any atom is -0.494 e. The van der Waals surface area contributed by atoms with Crippen molar-refractivity contribution in [3.63, 3.8) is 0 Å². The predicted molar refractivity (Wildman–Crippen MR) is 185 cm³/mol. The van der Waals surface area contributed by atoms with Crippen molar-refractivity contribution in [2.24, 2.45) is 0 Å². The third-order valence-electron chi connectivity index (χ3n) is 7.41. The fourth-order valence-electron chi connectivity index (χ4n) is 4.95. The monoisotopic (exact) mass is 705 g/mol. The van der Waals surface area contributed by atoms with E-state index in [4.69, 9.17) is 4.74 Å². The van der Waals surface area contributed by atoms with E-state index in [1.165, 1.54) is 17.0 Å². The van der Waals surface area contributed by atoms with E-state index in [0.29, 0.717) is 24.6 Å². The number of benzene rings is 4. The Labute approximate surface area is 280 Å². The standard InChI is InChI=1S/C36H40BrN3O5S/c1-4-23-38-36(42)34(24-28-9-7-6-8-10-28)39(25-29-13-15-30(37)16-14-29)35(41)26-40(31-17-19-32(20-18-31)45-5-2)46(43,44)33-21-11-27(3)12-22-33/h6-22,34H,4-5,23-26H2,1-3H3,(H,38,42). The number of carbonyl (C=O) groups excluding carboxylic acids is 2. The minimum absolute atomic E-state index is 0.0563. The lowest BCUT2D eigenvalue weighted by Crippen LogP contribution is -2.53. The maximum Gasteiger partial charge on any atom is 0.264 e. The van der Waals surface area contributed by atoms with E-state index in [9.17, 15) is 18.0 Å². The van der Waals surface area contributed by atoms with Gasteiger partial charge in [0.15, 0.2) is 0 Å². The highest BCUT2D eigenvalue weighted by molar-refractivity contribution is 9.10. The van der Waals surface area contributed by atoms with Crippen molar-refractivity contribution >= 4 is 43.5 Å². The maximum absolute atomic E-state index is 14.5. The van der Waals surface area contributed by atoms with Crippen molar-refractivity contribution in [3.05, 3.63) is 124 Å². The molecule has 0 aliphatic heterocycles. The molecular weight excluding hydrogens is 666 g/mol. The van der Waals surface area contributed by atoms with Crippen LogP contribution >= 0.6 is 15.9 Å². The van der Waals surface area contributed by atoms with Gasteiger partial charge in [0.25, 0.3) is 10.0 Å². The Kier molecular flexibility index (Phi) is 12.4. The summed E-state index contributed by atoms with van der Waals surface area (Å²) in [7, 11) is -4.18. The Balaban J connectivity index is 1.79. The van der Waals surface area contributed by atoms with Crippen LogP contribution in [0, 0.1) is 6.92 Å². The lowest BCUT2D eigenvalue weighted by molar-refractivity contribution is -0.140. The number of hydrogen-bond donors (Lipinski definition) is 1. The zero-order chi connectivity index (χ0) is 33.1. The van der Waals surface area contributed by atoms with Crippen LogP contribution in [0.4, 0.5) is 5.69 Å². The third-order valence-corrected chi connectivity index (χ3v) is 9.73. The summed E-state index contributed by atoms with van der Waals surface area (Å²) in [6.45, 7) is 6.19. The van der Waals surface area contributed by atoms with Gasteiger partial charge in [-0.3, -0.25) is 13.9 Å². The Morgan fingerprint density at radius 1 is 0.848 bits per heavy atom. The number of nitrogens with zero attached hydrogens (tertiary/aromatic N) is 2. The van der Waals surface area contributed by atoms with Gasteiger partial charge in [0.2, 0.25) is 11.8 Å². The van der Waals surface area contributed by atoms with Crippen LogP contribution in [0.2, 0.25) is 0 Å². The van der Waals surface area contributed by atoms with Crippen molar-refractivity contribution in [3.8, 4) is 5.75 Å². The van der Waals surface area contributed by atoms with Gasteiger partial charge >= 0.3 is 0 Å². The Morgan fingerprint density at radius 2 is 1.50 bits per heavy atom. The van der Waals surface area contributed by atoms with Crippen molar-refractivity contribution in [2.75, 3.05) is 24.0 Å². The summed E-state index contributed by atoms with van der Waals surface area (Å²) in [5, 5.41) is 2.96. The molecular formula is C36H40BrN3O5S. The van der Waals surface area contributed by atoms with Gasteiger partial charge in [0, 0.05) is 24.0 Å². The SMILES string of the molecule is CCCNC(=O)C(Cc1ccccc1)N(Cc1ccc(Br)cc1)C(=O)CN(c1ccc(OCC)cc1)S(=O)(=O)c1ccc(C)cc1. The first-order chi connectivity index (χ1) is 22.1. The van der Waals surface area contributed by atoms with E-state index >= 15 is 0 Å². The molecule has 46 heavy (non-hydrogen) atoms. The van der Waals surface area contributed by atoms with Crippen LogP contribution in [0.5, 0.6) is 5.75 Å². The quantitative estimate of drug-likeness (QED) is 0.152. The number of halogens is 1. The van der Waals surface area contributed by atoms with Gasteiger partial charge in [0.05, 0.1) is 17.2 Å². The Bertz CT molecular complexity index is 1680. The average molecular weight is 707 g/mol. The molecule has 0 aliphatic carbocycles. The zero-order valence-corrected chi connectivity index (χ0v) is 28.8. The number of anilines is 1. The van der Waals surface area contributed by atoms with Crippen LogP contribution in [0.3, 0.4) is 0 Å². The van der Waals surface area contributed by atoms with Gasteiger partial charge in [-0.2, -0.15) is 0 Å². The van der Waals surface area contributed by atoms with Crippen LogP contribution in [-0.2, 0) is 32.6 Å². The van der Waals surface area contributed by atoms with Crippen LogP contribution in [0.25, 0.3) is 0 Å². The molecule has 4 rings (SSSR count). The molecule has 0 bridgehead atoms. The Morgan fingerprint density at radius 3 is 2.11 bits per heavy atom. The molecule has 0 aromatic heterocycles. The first-order valence-electron chi connectivity index (χ1n) is 15.3. The third kappa shape index (κ3) is 9.20. The van der Waals surface area contributed by atoms with Gasteiger partial charge in [-0.1, -0.05) is 83.0 Å². The van der Waals surface area contributed by atoms with E-state index in [-0.39, 0.29) is 23.8 Å². The molecule has 1 unspecified atom stereocenters. The fourth-order valence-corrected chi connectivity index (χ4v) is 6.63. The number of ether oxygens (including phenoxy) is 1. The normalized spacial score (nSPS) is 11.8. The molecule has 1 N–H and O–H groups in total. The number of carbonyl (C=O) groups is 2. The van der Waals surface area contributed by atoms with Gasteiger partial charge in [-0.15, -0.1) is 0 Å². The summed E-state index contributed by atoms with van der Waals surface area (Å²) < 4.78 is 35.9. The van der Waals surface area contributed by atoms with Crippen molar-refractivity contribution in [1.29, 1.82) is 0 Å². The minimum atomic E-state index is -4.18. The molecule has 0 aliphatic rings. The second kappa shape index (κ2) is 16.4. The number of rotatable bonds is 15. The van der Waals surface area contributed by atoms with Crippen LogP contribution < -0.4 is 14.4 Å². The number of nitrogens with one attached hydrogen (secondary N) is 1. The van der Waals surface area contributed by atoms with Gasteiger partial charge < -0.3 is 15.0 Å². The number of amides is 2. The molecule has 2 amide bonds. The van der Waals surface area contributed by atoms with Crippen molar-refractivity contribution in [2.45, 2.75) is 51.1 Å². The summed E-state index contributed by atoms with van der Waals surface area (Å²) >= 11 is 3.46. The maximum atomic E-state index is 14.5. The van der Waals surface area contributed by atoms with Crippen molar-refractivity contribution in [1.82, 2.24) is 10.2 Å². The molecule has 242 valence electrons. The van der Waals surface area contributed by atoms with E-state index in [1.807, 2.05) is 75.4 Å². The predicted octanol–water partition coefficient (Wildman–Crippen LogP) is 6.52. The summed E-state index contributed by atoms with van der Waals surface area (Å²) in [6.07, 6.45) is 0.983. The molecule has 4 aromatic carbocycles. The summed E-state index contributed by atoms with van der Waals surface area (Å²) in [4.78, 5) is 29.8. The molecule has 1 atom stereocenters. The summed E-state index contributed by atoms with van der Waals surface area (Å²) in [5.41, 5.74) is 2.89. The van der Waals surface area contributed by atoms with Crippen LogP contribution in [0.15, 0.2) is 112 Å². The summed E-state index contributed by atoms with van der Waals surface area (Å²) in [5.74, 6) is -0.233. The lowest BCUT2D eigenvalue weighted by atomic mass is 10.0. The number of hydrogen-bond acceptors (Lipinski definition) is 5. The Hall–Kier alpha value is -4.15. The highest BCUT2D eigenvalue weighted by atomic mass is 79.9. The smallest absolute Gasteiger partial charge is 0.264 e. The first kappa shape index (κ1) is 34.7. The lowest BCUT2D eigenvalue weighted by Gasteiger charge is -2.34. The zero-order valence-electron chi connectivity index (χ0n) is 26.4. The van der Waals surface area contributed by atoms with Crippen molar-refractivity contribution < 1.29 is 22.7 Å². The van der Waals surface area contributed by atoms with Gasteiger partial charge in [-0.05, 0) is 79.9 Å². The first-order valence-corrected chi connectivity index (χ1v) is 17.5. The van der Waals surface area contributed by atoms with E-state index in [0.717, 1.165) is 31.9 Å². The van der Waals surface area contributed by atoms with Gasteiger partial charge in [-0.25, -0.2) is 8.42 Å². The van der Waals surface area contributed by atoms with Crippen LogP contribution in [0.1, 0.15) is 37.0 Å². The molecule has 0 saturated heterocycles. The van der Waals surface area contributed by atoms with Crippen LogP contribution in [-0.4, -0.2) is 50.9 Å². The molecule has 0 radical (unpaired) electrons. The highest BCUT2D eigenvalue weighted by Gasteiger charge is 2.34. The second-order valence-corrected chi connectivity index (χ2v) is 13.7. The molecule has 0 fully saturated rings. The summed E-state index contributed by atoms with van der Waals surface area (Å²) in [6, 6.07) is 29.2. The highest BCUT2D eigenvalue weighted by Crippen LogP contribution is 2.27. The molecule has 4 aromatic rings. The largest absolute Gasteiger partial charge is 0.494 e. The number of sulfonamides is 1. The van der Waals surface area contributed by atoms with E-state index in [1.54, 1.807) is 36.4 Å². The van der Waals surface area contributed by atoms with Gasteiger partial charge in [0.1, 0.15) is 18.3 Å².